The summed E-state index contributed by atoms with van der Waals surface area (Å²) in [5.74, 6) is -0.587. The highest BCUT2D eigenvalue weighted by molar-refractivity contribution is 5.89. The number of amides is 1. The predicted octanol–water partition coefficient (Wildman–Crippen LogP) is 3.16. The molecule has 5 heteroatoms. The van der Waals surface area contributed by atoms with Gasteiger partial charge in [0, 0.05) is 24.0 Å². The van der Waals surface area contributed by atoms with Crippen molar-refractivity contribution in [2.45, 2.75) is 33.1 Å². The lowest BCUT2D eigenvalue weighted by Crippen LogP contribution is -2.31. The third-order valence-electron chi connectivity index (χ3n) is 5.87. The lowest BCUT2D eigenvalue weighted by atomic mass is 9.92. The minimum Gasteiger partial charge on any atom is -0.481 e. The van der Waals surface area contributed by atoms with Crippen molar-refractivity contribution in [3.8, 4) is 0 Å². The van der Waals surface area contributed by atoms with E-state index in [-0.39, 0.29) is 18.2 Å². The van der Waals surface area contributed by atoms with Gasteiger partial charge < -0.3 is 14.4 Å². The van der Waals surface area contributed by atoms with Crippen molar-refractivity contribution in [2.75, 3.05) is 13.1 Å². The molecule has 2 atom stereocenters. The number of hydrogen-bond acceptors (Lipinski definition) is 3. The molecule has 0 unspecified atom stereocenters. The monoisotopic (exact) mass is 341 g/mol. The number of carbonyl (C=O) groups excluding carboxylic acids is 1. The Morgan fingerprint density at radius 3 is 2.60 bits per heavy atom. The van der Waals surface area contributed by atoms with Gasteiger partial charge in [-0.1, -0.05) is 0 Å². The Bertz CT molecular complexity index is 849. The van der Waals surface area contributed by atoms with E-state index < -0.39 is 11.9 Å². The SMILES string of the molecule is Cc1cc2occ(CC(=O)N3C[C@H](C(=O)O)[C@@H](C4CC4)C3)c2cc1C. The molecule has 5 nitrogen and oxygen atoms in total. The Hall–Kier alpha value is -2.30. The van der Waals surface area contributed by atoms with Gasteiger partial charge in [-0.25, -0.2) is 0 Å². The lowest BCUT2D eigenvalue weighted by molar-refractivity contribution is -0.142. The van der Waals surface area contributed by atoms with Crippen LogP contribution in [0.25, 0.3) is 11.0 Å². The molecule has 132 valence electrons. The molecule has 1 saturated carbocycles. The molecule has 1 N–H and O–H groups in total. The molecule has 1 saturated heterocycles. The van der Waals surface area contributed by atoms with Crippen LogP contribution in [0.4, 0.5) is 0 Å². The number of carbonyl (C=O) groups is 2. The van der Waals surface area contributed by atoms with Gasteiger partial charge in [-0.3, -0.25) is 9.59 Å². The van der Waals surface area contributed by atoms with Crippen LogP contribution in [0.1, 0.15) is 29.5 Å². The van der Waals surface area contributed by atoms with Crippen molar-refractivity contribution in [3.63, 3.8) is 0 Å². The fourth-order valence-electron chi connectivity index (χ4n) is 4.04. The first-order valence-electron chi connectivity index (χ1n) is 8.92. The average molecular weight is 341 g/mol. The zero-order valence-corrected chi connectivity index (χ0v) is 14.6. The van der Waals surface area contributed by atoms with Gasteiger partial charge in [-0.15, -0.1) is 0 Å². The summed E-state index contributed by atoms with van der Waals surface area (Å²) in [5, 5.41) is 10.4. The molecule has 2 aromatic rings. The van der Waals surface area contributed by atoms with Crippen molar-refractivity contribution in [1.82, 2.24) is 4.90 Å². The van der Waals surface area contributed by atoms with Crippen LogP contribution in [0.5, 0.6) is 0 Å². The van der Waals surface area contributed by atoms with Gasteiger partial charge in [0.15, 0.2) is 0 Å². The van der Waals surface area contributed by atoms with Crippen molar-refractivity contribution >= 4 is 22.8 Å². The Labute approximate surface area is 146 Å². The van der Waals surface area contributed by atoms with E-state index in [1.54, 1.807) is 11.2 Å². The normalized spacial score (nSPS) is 23.4. The van der Waals surface area contributed by atoms with Crippen LogP contribution in [-0.2, 0) is 16.0 Å². The standard InChI is InChI=1S/C20H23NO4/c1-11-5-15-14(10-25-18(15)6-12(11)2)7-19(22)21-8-16(13-3-4-13)17(9-21)20(23)24/h5-6,10,13,16-17H,3-4,7-9H2,1-2H3,(H,23,24)/t16-,17+/m1/s1. The summed E-state index contributed by atoms with van der Waals surface area (Å²) in [5.41, 5.74) is 4.01. The quantitative estimate of drug-likeness (QED) is 0.927. The molecule has 2 fully saturated rings. The van der Waals surface area contributed by atoms with Gasteiger partial charge in [-0.05, 0) is 61.8 Å². The number of likely N-dealkylation sites (tertiary alicyclic amines) is 1. The molecule has 1 amide bonds. The maximum Gasteiger partial charge on any atom is 0.308 e. The van der Waals surface area contributed by atoms with Crippen LogP contribution in [0.15, 0.2) is 22.8 Å². The fraction of sp³-hybridized carbons (Fsp3) is 0.500. The molecule has 0 radical (unpaired) electrons. The highest BCUT2D eigenvalue weighted by atomic mass is 16.4. The zero-order chi connectivity index (χ0) is 17.7. The molecular formula is C20H23NO4. The molecular weight excluding hydrogens is 318 g/mol. The number of nitrogens with zero attached hydrogens (tertiary/aromatic N) is 1. The van der Waals surface area contributed by atoms with E-state index in [0.717, 1.165) is 34.9 Å². The second-order valence-electron chi connectivity index (χ2n) is 7.62. The molecule has 2 aliphatic rings. The second kappa shape index (κ2) is 5.90. The number of fused-ring (bicyclic) bond motifs is 1. The molecule has 0 spiro atoms. The largest absolute Gasteiger partial charge is 0.481 e. The number of carboxylic acids is 1. The van der Waals surface area contributed by atoms with E-state index in [0.29, 0.717) is 19.0 Å². The van der Waals surface area contributed by atoms with Crippen molar-refractivity contribution in [3.05, 3.63) is 35.1 Å². The molecule has 2 heterocycles. The van der Waals surface area contributed by atoms with Crippen molar-refractivity contribution in [1.29, 1.82) is 0 Å². The highest BCUT2D eigenvalue weighted by Gasteiger charge is 2.46. The summed E-state index contributed by atoms with van der Waals surface area (Å²) in [6.45, 7) is 5.00. The Morgan fingerprint density at radius 2 is 1.92 bits per heavy atom. The zero-order valence-electron chi connectivity index (χ0n) is 14.6. The number of rotatable bonds is 4. The Kier molecular flexibility index (Phi) is 3.82. The van der Waals surface area contributed by atoms with Crippen LogP contribution in [0.2, 0.25) is 0 Å². The molecule has 25 heavy (non-hydrogen) atoms. The van der Waals surface area contributed by atoms with E-state index in [1.165, 1.54) is 5.56 Å². The summed E-state index contributed by atoms with van der Waals surface area (Å²) in [7, 11) is 0. The summed E-state index contributed by atoms with van der Waals surface area (Å²) in [6.07, 6.45) is 4.12. The highest BCUT2D eigenvalue weighted by Crippen LogP contribution is 2.44. The minimum absolute atomic E-state index is 0.00433. The van der Waals surface area contributed by atoms with Crippen molar-refractivity contribution in [2.24, 2.45) is 17.8 Å². The summed E-state index contributed by atoms with van der Waals surface area (Å²) < 4.78 is 5.61. The van der Waals surface area contributed by atoms with E-state index in [2.05, 4.69) is 6.07 Å². The minimum atomic E-state index is -0.771. The molecule has 4 rings (SSSR count). The van der Waals surface area contributed by atoms with Crippen LogP contribution in [0, 0.1) is 31.6 Å². The smallest absolute Gasteiger partial charge is 0.308 e. The van der Waals surface area contributed by atoms with Crippen molar-refractivity contribution < 1.29 is 19.1 Å². The summed E-state index contributed by atoms with van der Waals surface area (Å²) >= 11 is 0. The number of furan rings is 1. The molecule has 1 aromatic heterocycles. The number of benzene rings is 1. The average Bonchev–Trinajstić information content (AvgIpc) is 3.20. The number of aliphatic carboxylic acids is 1. The van der Waals surface area contributed by atoms with Crippen LogP contribution >= 0.6 is 0 Å². The van der Waals surface area contributed by atoms with E-state index in [4.69, 9.17) is 4.42 Å². The van der Waals surface area contributed by atoms with Crippen LogP contribution in [-0.4, -0.2) is 35.0 Å². The van der Waals surface area contributed by atoms with E-state index in [1.807, 2.05) is 19.9 Å². The third kappa shape index (κ3) is 2.92. The maximum atomic E-state index is 12.8. The summed E-state index contributed by atoms with van der Waals surface area (Å²) in [4.78, 5) is 26.0. The maximum absolute atomic E-state index is 12.8. The number of hydrogen-bond donors (Lipinski definition) is 1. The van der Waals surface area contributed by atoms with Gasteiger partial charge in [-0.2, -0.15) is 0 Å². The number of carboxylic acid groups (broad SMARTS) is 1. The predicted molar refractivity (Wildman–Crippen MR) is 93.3 cm³/mol. The van der Waals surface area contributed by atoms with Gasteiger partial charge in [0.05, 0.1) is 18.6 Å². The van der Waals surface area contributed by atoms with Crippen LogP contribution in [0.3, 0.4) is 0 Å². The van der Waals surface area contributed by atoms with E-state index in [9.17, 15) is 14.7 Å². The van der Waals surface area contributed by atoms with Gasteiger partial charge in [0.2, 0.25) is 5.91 Å². The van der Waals surface area contributed by atoms with Gasteiger partial charge in [0.1, 0.15) is 5.58 Å². The fourth-order valence-corrected chi connectivity index (χ4v) is 4.04. The molecule has 1 aliphatic carbocycles. The summed E-state index contributed by atoms with van der Waals surface area (Å²) in [6, 6.07) is 4.06. The lowest BCUT2D eigenvalue weighted by Gasteiger charge is -2.16. The first kappa shape index (κ1) is 16.2. The van der Waals surface area contributed by atoms with Gasteiger partial charge >= 0.3 is 5.97 Å². The molecule has 1 aromatic carbocycles. The van der Waals surface area contributed by atoms with E-state index >= 15 is 0 Å². The Morgan fingerprint density at radius 1 is 1.20 bits per heavy atom. The topological polar surface area (TPSA) is 70.8 Å². The molecule has 1 aliphatic heterocycles. The number of aryl methyl sites for hydroxylation is 2. The Balaban J connectivity index is 1.52. The van der Waals surface area contributed by atoms with Crippen LogP contribution < -0.4 is 0 Å². The van der Waals surface area contributed by atoms with Gasteiger partial charge in [0.25, 0.3) is 0 Å². The second-order valence-corrected chi connectivity index (χ2v) is 7.62. The first-order chi connectivity index (χ1) is 11.9. The molecule has 0 bridgehead atoms. The third-order valence-corrected chi connectivity index (χ3v) is 5.87. The first-order valence-corrected chi connectivity index (χ1v) is 8.92.